The lowest BCUT2D eigenvalue weighted by molar-refractivity contribution is -0.391. The van der Waals surface area contributed by atoms with Crippen LogP contribution in [0.4, 0.5) is 0 Å². The van der Waals surface area contributed by atoms with Crippen LogP contribution < -0.4 is 0 Å². The third-order valence-corrected chi connectivity index (χ3v) is 3.88. The summed E-state index contributed by atoms with van der Waals surface area (Å²) in [7, 11) is 0. The molecule has 1 rings (SSSR count). The fourth-order valence-corrected chi connectivity index (χ4v) is 3.05. The zero-order valence-electron chi connectivity index (χ0n) is 14.9. The van der Waals surface area contributed by atoms with E-state index < -0.39 is 34.7 Å². The molecule has 1 fully saturated rings. The van der Waals surface area contributed by atoms with Crippen LogP contribution in [0.2, 0.25) is 0 Å². The average molecular weight is 314 g/mol. The molecule has 1 saturated heterocycles. The molecule has 22 heavy (non-hydrogen) atoms. The van der Waals surface area contributed by atoms with Gasteiger partial charge in [-0.1, -0.05) is 6.08 Å². The minimum Gasteiger partial charge on any atom is -0.460 e. The molecule has 128 valence electrons. The lowest BCUT2D eigenvalue weighted by Crippen LogP contribution is -2.69. The van der Waals surface area contributed by atoms with E-state index in [0.717, 1.165) is 0 Å². The van der Waals surface area contributed by atoms with E-state index in [1.54, 1.807) is 54.5 Å². The van der Waals surface area contributed by atoms with E-state index in [-0.39, 0.29) is 12.8 Å². The zero-order valence-corrected chi connectivity index (χ0v) is 14.9. The Morgan fingerprint density at radius 3 is 2.36 bits per heavy atom. The van der Waals surface area contributed by atoms with Gasteiger partial charge in [0.15, 0.2) is 5.79 Å². The Hall–Kier alpha value is -0.910. The molecule has 0 saturated carbocycles. The summed E-state index contributed by atoms with van der Waals surface area (Å²) in [5.74, 6) is -1.31. The van der Waals surface area contributed by atoms with Crippen molar-refractivity contribution < 1.29 is 24.1 Å². The largest absolute Gasteiger partial charge is 0.460 e. The maximum absolute atomic E-state index is 12.3. The molecule has 0 aromatic carbocycles. The van der Waals surface area contributed by atoms with Gasteiger partial charge in [-0.15, -0.1) is 6.58 Å². The Morgan fingerprint density at radius 1 is 1.36 bits per heavy atom. The molecule has 5 nitrogen and oxygen atoms in total. The molecule has 0 amide bonds. The number of esters is 1. The molecule has 0 aliphatic carbocycles. The molecule has 0 bridgehead atoms. The third kappa shape index (κ3) is 4.09. The summed E-state index contributed by atoms with van der Waals surface area (Å²) in [6.07, 6.45) is 1.28. The summed E-state index contributed by atoms with van der Waals surface area (Å²) in [5, 5.41) is 11.1. The van der Waals surface area contributed by atoms with E-state index in [4.69, 9.17) is 14.2 Å². The van der Waals surface area contributed by atoms with Gasteiger partial charge in [0.1, 0.15) is 16.8 Å². The van der Waals surface area contributed by atoms with Crippen LogP contribution in [0.1, 0.15) is 61.3 Å². The second-order valence-corrected chi connectivity index (χ2v) is 7.67. The predicted molar refractivity (Wildman–Crippen MR) is 84.3 cm³/mol. The second kappa shape index (κ2) is 5.95. The summed E-state index contributed by atoms with van der Waals surface area (Å²) in [5.41, 5.74) is -3.08. The number of carbonyl (C=O) groups excluding carboxylic acids is 1. The van der Waals surface area contributed by atoms with Crippen LogP contribution in [0, 0.1) is 0 Å². The van der Waals surface area contributed by atoms with E-state index in [9.17, 15) is 9.90 Å². The molecule has 0 aromatic heterocycles. The quantitative estimate of drug-likeness (QED) is 0.638. The van der Waals surface area contributed by atoms with Crippen molar-refractivity contribution in [1.82, 2.24) is 0 Å². The van der Waals surface area contributed by atoms with Crippen LogP contribution in [-0.2, 0) is 19.0 Å². The third-order valence-electron chi connectivity index (χ3n) is 3.88. The minimum absolute atomic E-state index is 0.0638. The molecule has 1 aliphatic heterocycles. The predicted octanol–water partition coefficient (Wildman–Crippen LogP) is 2.96. The Balaban J connectivity index is 3.10. The summed E-state index contributed by atoms with van der Waals surface area (Å²) < 4.78 is 17.1. The highest BCUT2D eigenvalue weighted by atomic mass is 16.7. The monoisotopic (exact) mass is 314 g/mol. The van der Waals surface area contributed by atoms with E-state index in [1.165, 1.54) is 0 Å². The molecule has 1 heterocycles. The summed E-state index contributed by atoms with van der Waals surface area (Å²) >= 11 is 0. The van der Waals surface area contributed by atoms with Crippen LogP contribution in [0.25, 0.3) is 0 Å². The minimum atomic E-state index is -1.36. The number of ether oxygens (including phenoxy) is 3. The van der Waals surface area contributed by atoms with Crippen molar-refractivity contribution in [3.63, 3.8) is 0 Å². The maximum atomic E-state index is 12.3. The van der Waals surface area contributed by atoms with Gasteiger partial charge in [-0.2, -0.15) is 0 Å². The van der Waals surface area contributed by atoms with Crippen LogP contribution in [0.5, 0.6) is 0 Å². The molecule has 0 spiro atoms. The van der Waals surface area contributed by atoms with Gasteiger partial charge in [0.05, 0.1) is 12.5 Å². The van der Waals surface area contributed by atoms with Crippen molar-refractivity contribution in [2.75, 3.05) is 0 Å². The number of hydrogen-bond acceptors (Lipinski definition) is 5. The Morgan fingerprint density at radius 2 is 1.91 bits per heavy atom. The van der Waals surface area contributed by atoms with Crippen LogP contribution in [0.15, 0.2) is 12.7 Å². The SMILES string of the molecule is C=CC[C@@]1(O)[C@H](C)OC(C)(C)O[C@]1(C)CC(=O)OC(C)(C)C. The van der Waals surface area contributed by atoms with Crippen molar-refractivity contribution in [3.05, 3.63) is 12.7 Å². The van der Waals surface area contributed by atoms with Crippen LogP contribution in [-0.4, -0.2) is 39.8 Å². The Kier molecular flexibility index (Phi) is 5.17. The van der Waals surface area contributed by atoms with Gasteiger partial charge in [-0.05, 0) is 54.9 Å². The smallest absolute Gasteiger partial charge is 0.309 e. The van der Waals surface area contributed by atoms with Crippen LogP contribution in [0.3, 0.4) is 0 Å². The molecule has 1 aliphatic rings. The Labute approximate surface area is 133 Å². The summed E-state index contributed by atoms with van der Waals surface area (Å²) in [4.78, 5) is 12.3. The van der Waals surface area contributed by atoms with Crippen LogP contribution >= 0.6 is 0 Å². The Bertz CT molecular complexity index is 437. The molecule has 0 unspecified atom stereocenters. The highest BCUT2D eigenvalue weighted by Crippen LogP contribution is 2.45. The van der Waals surface area contributed by atoms with Gasteiger partial charge < -0.3 is 19.3 Å². The molecular formula is C17H30O5. The zero-order chi connectivity index (χ0) is 17.4. The van der Waals surface area contributed by atoms with Crippen molar-refractivity contribution in [1.29, 1.82) is 0 Å². The maximum Gasteiger partial charge on any atom is 0.309 e. The fourth-order valence-electron chi connectivity index (χ4n) is 3.05. The number of rotatable bonds is 4. The van der Waals surface area contributed by atoms with Gasteiger partial charge >= 0.3 is 5.97 Å². The molecule has 0 aromatic rings. The van der Waals surface area contributed by atoms with Gasteiger partial charge in [0.25, 0.3) is 0 Å². The standard InChI is InChI=1S/C17H30O5/c1-9-10-17(19)12(2)20-15(6,7)22-16(17,8)11-13(18)21-14(3,4)5/h9,12,19H,1,10-11H2,2-8H3/t12-,16+,17+/m0/s1. The highest BCUT2D eigenvalue weighted by Gasteiger charge is 2.59. The number of carbonyl (C=O) groups is 1. The number of hydrogen-bond donors (Lipinski definition) is 1. The molecular weight excluding hydrogens is 284 g/mol. The first kappa shape index (κ1) is 19.1. The van der Waals surface area contributed by atoms with E-state index in [2.05, 4.69) is 6.58 Å². The molecule has 5 heteroatoms. The van der Waals surface area contributed by atoms with Crippen molar-refractivity contribution in [3.8, 4) is 0 Å². The lowest BCUT2D eigenvalue weighted by atomic mass is 9.74. The van der Waals surface area contributed by atoms with E-state index >= 15 is 0 Å². The first-order chi connectivity index (χ1) is 9.75. The van der Waals surface area contributed by atoms with Crippen molar-refractivity contribution in [2.45, 2.75) is 90.0 Å². The first-order valence-electron chi connectivity index (χ1n) is 7.68. The highest BCUT2D eigenvalue weighted by molar-refractivity contribution is 5.71. The lowest BCUT2D eigenvalue weighted by Gasteiger charge is -2.55. The van der Waals surface area contributed by atoms with Gasteiger partial charge in [0, 0.05) is 0 Å². The van der Waals surface area contributed by atoms with Crippen molar-refractivity contribution >= 4 is 5.97 Å². The summed E-state index contributed by atoms with van der Waals surface area (Å²) in [6, 6.07) is 0. The summed E-state index contributed by atoms with van der Waals surface area (Å²) in [6.45, 7) is 16.1. The number of aliphatic hydroxyl groups is 1. The fraction of sp³-hybridized carbons (Fsp3) is 0.824. The average Bonchev–Trinajstić information content (AvgIpc) is 2.22. The molecule has 1 N–H and O–H groups in total. The topological polar surface area (TPSA) is 65.0 Å². The van der Waals surface area contributed by atoms with E-state index in [1.807, 2.05) is 0 Å². The van der Waals surface area contributed by atoms with Gasteiger partial charge in [0.2, 0.25) is 0 Å². The second-order valence-electron chi connectivity index (χ2n) is 7.67. The van der Waals surface area contributed by atoms with Crippen molar-refractivity contribution in [2.24, 2.45) is 0 Å². The molecule has 3 atom stereocenters. The van der Waals surface area contributed by atoms with Gasteiger partial charge in [-0.3, -0.25) is 4.79 Å². The van der Waals surface area contributed by atoms with Gasteiger partial charge in [-0.25, -0.2) is 0 Å². The first-order valence-corrected chi connectivity index (χ1v) is 7.68. The molecule has 0 radical (unpaired) electrons. The van der Waals surface area contributed by atoms with E-state index in [0.29, 0.717) is 0 Å². The normalized spacial score (nSPS) is 35.0.